The van der Waals surface area contributed by atoms with E-state index >= 15 is 0 Å². The van der Waals surface area contributed by atoms with Gasteiger partial charge in [0.1, 0.15) is 5.69 Å². The third-order valence-corrected chi connectivity index (χ3v) is 5.85. The molecule has 1 N–H and O–H groups in total. The van der Waals surface area contributed by atoms with Crippen LogP contribution in [-0.4, -0.2) is 34.7 Å². The standard InChI is InChI=1S/C23H22N4O4S/c1-5-27-18-8-6-15(10-16(18)24-13(2)22(27)29)21(28)26-23-25-17(12-32-23)14-7-9-19(30-3)20(11-14)31-4/h6-12H,5H2,1-4H3,(H,25,26,28). The van der Waals surface area contributed by atoms with Gasteiger partial charge in [-0.3, -0.25) is 14.9 Å². The van der Waals surface area contributed by atoms with E-state index in [1.54, 1.807) is 43.9 Å². The van der Waals surface area contributed by atoms with Gasteiger partial charge in [-0.15, -0.1) is 11.3 Å². The summed E-state index contributed by atoms with van der Waals surface area (Å²) >= 11 is 1.33. The molecule has 9 heteroatoms. The lowest BCUT2D eigenvalue weighted by Crippen LogP contribution is -2.23. The van der Waals surface area contributed by atoms with Crippen molar-refractivity contribution in [1.82, 2.24) is 14.5 Å². The van der Waals surface area contributed by atoms with E-state index in [1.165, 1.54) is 11.3 Å². The van der Waals surface area contributed by atoms with Gasteiger partial charge in [0.2, 0.25) is 0 Å². The molecule has 4 aromatic rings. The van der Waals surface area contributed by atoms with Crippen molar-refractivity contribution in [3.63, 3.8) is 0 Å². The monoisotopic (exact) mass is 450 g/mol. The van der Waals surface area contributed by atoms with Crippen LogP contribution in [0.1, 0.15) is 23.0 Å². The van der Waals surface area contributed by atoms with Gasteiger partial charge in [-0.05, 0) is 50.2 Å². The van der Waals surface area contributed by atoms with Crippen LogP contribution in [0.5, 0.6) is 11.5 Å². The molecule has 0 saturated heterocycles. The van der Waals surface area contributed by atoms with Gasteiger partial charge in [0, 0.05) is 23.1 Å². The van der Waals surface area contributed by atoms with Gasteiger partial charge >= 0.3 is 0 Å². The maximum atomic E-state index is 12.8. The Morgan fingerprint density at radius 1 is 1.09 bits per heavy atom. The van der Waals surface area contributed by atoms with Gasteiger partial charge in [-0.25, -0.2) is 9.97 Å². The summed E-state index contributed by atoms with van der Waals surface area (Å²) < 4.78 is 12.3. The number of aryl methyl sites for hydroxylation is 2. The van der Waals surface area contributed by atoms with E-state index in [0.717, 1.165) is 5.56 Å². The van der Waals surface area contributed by atoms with Gasteiger partial charge in [0.05, 0.1) is 30.9 Å². The van der Waals surface area contributed by atoms with E-state index in [4.69, 9.17) is 9.47 Å². The van der Waals surface area contributed by atoms with Gasteiger partial charge in [0.25, 0.3) is 11.5 Å². The fourth-order valence-corrected chi connectivity index (χ4v) is 4.17. The summed E-state index contributed by atoms with van der Waals surface area (Å²) in [7, 11) is 3.16. The minimum absolute atomic E-state index is 0.123. The number of nitrogens with one attached hydrogen (secondary N) is 1. The molecule has 1 amide bonds. The van der Waals surface area contributed by atoms with Crippen LogP contribution in [0.4, 0.5) is 5.13 Å². The minimum atomic E-state index is -0.297. The number of amides is 1. The molecule has 0 saturated carbocycles. The Morgan fingerprint density at radius 3 is 2.59 bits per heavy atom. The molecule has 32 heavy (non-hydrogen) atoms. The summed E-state index contributed by atoms with van der Waals surface area (Å²) in [6.07, 6.45) is 0. The Labute approximate surface area is 188 Å². The smallest absolute Gasteiger partial charge is 0.272 e. The number of benzene rings is 2. The first-order valence-electron chi connectivity index (χ1n) is 9.95. The van der Waals surface area contributed by atoms with E-state index < -0.39 is 0 Å². The van der Waals surface area contributed by atoms with Gasteiger partial charge in [-0.2, -0.15) is 0 Å². The molecule has 0 atom stereocenters. The van der Waals surface area contributed by atoms with E-state index in [-0.39, 0.29) is 11.5 Å². The number of carbonyl (C=O) groups excluding carboxylic acids is 1. The zero-order chi connectivity index (χ0) is 22.8. The van der Waals surface area contributed by atoms with Gasteiger partial charge < -0.3 is 14.0 Å². The number of anilines is 1. The van der Waals surface area contributed by atoms with Crippen molar-refractivity contribution in [2.75, 3.05) is 19.5 Å². The summed E-state index contributed by atoms with van der Waals surface area (Å²) in [6.45, 7) is 4.10. The van der Waals surface area contributed by atoms with Crippen LogP contribution in [0, 0.1) is 6.92 Å². The number of fused-ring (bicyclic) bond motifs is 1. The van der Waals surface area contributed by atoms with Crippen molar-refractivity contribution in [2.45, 2.75) is 20.4 Å². The number of aromatic nitrogens is 3. The highest BCUT2D eigenvalue weighted by molar-refractivity contribution is 7.14. The Bertz CT molecular complexity index is 1380. The van der Waals surface area contributed by atoms with Crippen molar-refractivity contribution < 1.29 is 14.3 Å². The number of ether oxygens (including phenoxy) is 2. The normalized spacial score (nSPS) is 10.9. The van der Waals surface area contributed by atoms with Crippen LogP contribution in [0.25, 0.3) is 22.3 Å². The van der Waals surface area contributed by atoms with Crippen molar-refractivity contribution >= 4 is 33.4 Å². The molecule has 2 heterocycles. The number of nitrogens with zero attached hydrogens (tertiary/aromatic N) is 3. The summed E-state index contributed by atoms with van der Waals surface area (Å²) in [5.74, 6) is 0.940. The van der Waals surface area contributed by atoms with Crippen LogP contribution < -0.4 is 20.3 Å². The number of hydrogen-bond acceptors (Lipinski definition) is 7. The van der Waals surface area contributed by atoms with Gasteiger partial charge in [0.15, 0.2) is 16.6 Å². The average molecular weight is 451 g/mol. The summed E-state index contributed by atoms with van der Waals surface area (Å²) in [5, 5.41) is 5.17. The lowest BCUT2D eigenvalue weighted by Gasteiger charge is -2.10. The molecule has 0 bridgehead atoms. The molecule has 164 valence electrons. The van der Waals surface area contributed by atoms with E-state index in [9.17, 15) is 9.59 Å². The lowest BCUT2D eigenvalue weighted by molar-refractivity contribution is 0.102. The van der Waals surface area contributed by atoms with E-state index in [1.807, 2.05) is 30.5 Å². The zero-order valence-electron chi connectivity index (χ0n) is 18.1. The summed E-state index contributed by atoms with van der Waals surface area (Å²) in [4.78, 5) is 34.0. The molecule has 2 aromatic carbocycles. The first kappa shape index (κ1) is 21.5. The predicted molar refractivity (Wildman–Crippen MR) is 125 cm³/mol. The van der Waals surface area contributed by atoms with Crippen molar-refractivity contribution in [2.24, 2.45) is 0 Å². The van der Waals surface area contributed by atoms with Crippen LogP contribution in [0.3, 0.4) is 0 Å². The molecule has 0 aliphatic carbocycles. The molecule has 0 aliphatic rings. The summed E-state index contributed by atoms with van der Waals surface area (Å²) in [5.41, 5.74) is 3.58. The first-order valence-corrected chi connectivity index (χ1v) is 10.8. The minimum Gasteiger partial charge on any atom is -0.493 e. The quantitative estimate of drug-likeness (QED) is 0.475. The lowest BCUT2D eigenvalue weighted by atomic mass is 10.1. The molecule has 8 nitrogen and oxygen atoms in total. The molecule has 2 aromatic heterocycles. The third-order valence-electron chi connectivity index (χ3n) is 5.09. The molecular weight excluding hydrogens is 428 g/mol. The Balaban J connectivity index is 1.59. The highest BCUT2D eigenvalue weighted by Gasteiger charge is 2.14. The van der Waals surface area contributed by atoms with Crippen LogP contribution >= 0.6 is 11.3 Å². The highest BCUT2D eigenvalue weighted by atomic mass is 32.1. The molecule has 4 rings (SSSR count). The van der Waals surface area contributed by atoms with Crippen LogP contribution in [-0.2, 0) is 6.54 Å². The van der Waals surface area contributed by atoms with Crippen molar-refractivity contribution in [3.8, 4) is 22.8 Å². The number of hydrogen-bond donors (Lipinski definition) is 1. The SMILES string of the molecule is CCn1c(=O)c(C)nc2cc(C(=O)Nc3nc(-c4ccc(OC)c(OC)c4)cs3)ccc21. The molecular formula is C23H22N4O4S. The molecule has 0 unspecified atom stereocenters. The maximum absolute atomic E-state index is 12.8. The number of thiazole rings is 1. The summed E-state index contributed by atoms with van der Waals surface area (Å²) in [6, 6.07) is 10.6. The fraction of sp³-hybridized carbons (Fsp3) is 0.217. The number of rotatable bonds is 6. The first-order chi connectivity index (χ1) is 15.4. The maximum Gasteiger partial charge on any atom is 0.272 e. The molecule has 0 spiro atoms. The van der Waals surface area contributed by atoms with Crippen molar-refractivity contribution in [1.29, 1.82) is 0 Å². The largest absolute Gasteiger partial charge is 0.493 e. The van der Waals surface area contributed by atoms with Gasteiger partial charge in [-0.1, -0.05) is 0 Å². The van der Waals surface area contributed by atoms with E-state index in [2.05, 4.69) is 15.3 Å². The van der Waals surface area contributed by atoms with E-state index in [0.29, 0.717) is 51.2 Å². The zero-order valence-corrected chi connectivity index (χ0v) is 18.9. The van der Waals surface area contributed by atoms with Crippen LogP contribution in [0.15, 0.2) is 46.6 Å². The highest BCUT2D eigenvalue weighted by Crippen LogP contribution is 2.33. The molecule has 0 aliphatic heterocycles. The second kappa shape index (κ2) is 8.80. The fourth-order valence-electron chi connectivity index (χ4n) is 3.46. The number of carbonyl (C=O) groups is 1. The number of methoxy groups -OCH3 is 2. The molecule has 0 radical (unpaired) electrons. The average Bonchev–Trinajstić information content (AvgIpc) is 3.27. The Kier molecular flexibility index (Phi) is 5.91. The second-order valence-corrected chi connectivity index (χ2v) is 7.87. The third kappa shape index (κ3) is 3.94. The molecule has 0 fully saturated rings. The van der Waals surface area contributed by atoms with Crippen LogP contribution in [0.2, 0.25) is 0 Å². The second-order valence-electron chi connectivity index (χ2n) is 7.01. The predicted octanol–water partition coefficient (Wildman–Crippen LogP) is 4.12. The topological polar surface area (TPSA) is 95.3 Å². The van der Waals surface area contributed by atoms with Crippen molar-refractivity contribution in [3.05, 3.63) is 63.4 Å². The Hall–Kier alpha value is -3.72. The Morgan fingerprint density at radius 2 is 1.88 bits per heavy atom.